The Morgan fingerprint density at radius 1 is 1.15 bits per heavy atom. The lowest BCUT2D eigenvalue weighted by Crippen LogP contribution is -2.53. The van der Waals surface area contributed by atoms with Crippen molar-refractivity contribution in [3.05, 3.63) is 0 Å². The molecule has 0 aromatic rings. The number of piperazine rings is 1. The molecule has 118 valence electrons. The largest absolute Gasteiger partial charge is 0.352 e. The van der Waals surface area contributed by atoms with Gasteiger partial charge in [-0.25, -0.2) is 0 Å². The van der Waals surface area contributed by atoms with Gasteiger partial charge in [0, 0.05) is 52.2 Å². The quantitative estimate of drug-likeness (QED) is 0.807. The lowest BCUT2D eigenvalue weighted by atomic mass is 10.0. The van der Waals surface area contributed by atoms with Gasteiger partial charge < -0.3 is 5.32 Å². The van der Waals surface area contributed by atoms with E-state index in [-0.39, 0.29) is 19.3 Å². The van der Waals surface area contributed by atoms with Crippen molar-refractivity contribution in [2.24, 2.45) is 11.8 Å². The molecule has 2 rings (SSSR count). The summed E-state index contributed by atoms with van der Waals surface area (Å²) in [5.41, 5.74) is 0. The van der Waals surface area contributed by atoms with Crippen molar-refractivity contribution in [1.29, 1.82) is 0 Å². The second-order valence-electron chi connectivity index (χ2n) is 7.08. The van der Waals surface area contributed by atoms with Crippen molar-refractivity contribution in [3.63, 3.8) is 0 Å². The maximum atomic E-state index is 11.9. The van der Waals surface area contributed by atoms with Crippen LogP contribution in [0.4, 0.5) is 0 Å². The lowest BCUT2D eigenvalue weighted by molar-refractivity contribution is -0.125. The standard InChI is InChI=1S/C16H31N3O.H2/c1-12(2)15(17-16(20)13(3)4)11-18-7-9-19(10-8-18)14-5-6-14;/h12-15H,5-11H2,1-4H3,(H,17,20);1H/t15-;/m1./s1. The highest BCUT2D eigenvalue weighted by Gasteiger charge is 2.32. The molecular weight excluding hydrogens is 250 g/mol. The van der Waals surface area contributed by atoms with Crippen molar-refractivity contribution in [2.75, 3.05) is 32.7 Å². The summed E-state index contributed by atoms with van der Waals surface area (Å²) in [5, 5.41) is 3.22. The molecule has 2 aliphatic rings. The molecule has 1 atom stereocenters. The van der Waals surface area contributed by atoms with Gasteiger partial charge in [-0.15, -0.1) is 0 Å². The zero-order valence-corrected chi connectivity index (χ0v) is 13.6. The normalized spacial score (nSPS) is 23.3. The van der Waals surface area contributed by atoms with Crippen LogP contribution in [0.15, 0.2) is 0 Å². The third-order valence-corrected chi connectivity index (χ3v) is 4.58. The maximum Gasteiger partial charge on any atom is 0.222 e. The summed E-state index contributed by atoms with van der Waals surface area (Å²) in [7, 11) is 0. The Labute approximate surface area is 125 Å². The van der Waals surface area contributed by atoms with Crippen molar-refractivity contribution in [1.82, 2.24) is 15.1 Å². The first-order valence-electron chi connectivity index (χ1n) is 8.24. The molecule has 1 saturated heterocycles. The number of carbonyl (C=O) groups is 1. The van der Waals surface area contributed by atoms with Crippen molar-refractivity contribution in [3.8, 4) is 0 Å². The summed E-state index contributed by atoms with van der Waals surface area (Å²) >= 11 is 0. The topological polar surface area (TPSA) is 35.6 Å². The zero-order valence-electron chi connectivity index (χ0n) is 13.6. The van der Waals surface area contributed by atoms with Crippen LogP contribution in [0.3, 0.4) is 0 Å². The molecule has 0 aromatic carbocycles. The summed E-state index contributed by atoms with van der Waals surface area (Å²) in [4.78, 5) is 17.1. The van der Waals surface area contributed by atoms with E-state index in [1.165, 1.54) is 25.9 Å². The van der Waals surface area contributed by atoms with Gasteiger partial charge in [-0.2, -0.15) is 0 Å². The molecule has 1 aliphatic heterocycles. The van der Waals surface area contributed by atoms with Gasteiger partial charge >= 0.3 is 0 Å². The van der Waals surface area contributed by atoms with E-state index in [9.17, 15) is 4.79 Å². The van der Waals surface area contributed by atoms with E-state index in [4.69, 9.17) is 0 Å². The fraction of sp³-hybridized carbons (Fsp3) is 0.938. The zero-order chi connectivity index (χ0) is 14.7. The van der Waals surface area contributed by atoms with Crippen LogP contribution in [0.1, 0.15) is 42.0 Å². The Bertz CT molecular complexity index is 323. The Balaban J connectivity index is 0.00000220. The molecule has 0 bridgehead atoms. The SMILES string of the molecule is CC(C)C(=O)N[C@H](CN1CCN(C2CC2)CC1)C(C)C.[HH]. The van der Waals surface area contributed by atoms with E-state index >= 15 is 0 Å². The number of nitrogens with zero attached hydrogens (tertiary/aromatic N) is 2. The monoisotopic (exact) mass is 283 g/mol. The Morgan fingerprint density at radius 2 is 1.75 bits per heavy atom. The highest BCUT2D eigenvalue weighted by atomic mass is 16.1. The van der Waals surface area contributed by atoms with Gasteiger partial charge in [-0.05, 0) is 18.8 Å². The number of hydrogen-bond acceptors (Lipinski definition) is 3. The Morgan fingerprint density at radius 3 is 2.20 bits per heavy atom. The third kappa shape index (κ3) is 4.45. The van der Waals surface area contributed by atoms with Gasteiger partial charge in [-0.3, -0.25) is 14.6 Å². The Kier molecular flexibility index (Phi) is 5.44. The molecule has 1 aliphatic carbocycles. The van der Waals surface area contributed by atoms with E-state index in [0.717, 1.165) is 25.7 Å². The highest BCUT2D eigenvalue weighted by Crippen LogP contribution is 2.27. The van der Waals surface area contributed by atoms with Crippen LogP contribution in [0.5, 0.6) is 0 Å². The van der Waals surface area contributed by atoms with Crippen LogP contribution in [0.25, 0.3) is 0 Å². The van der Waals surface area contributed by atoms with E-state index in [1.54, 1.807) is 0 Å². The minimum absolute atomic E-state index is 0. The second-order valence-corrected chi connectivity index (χ2v) is 7.08. The molecule has 1 N–H and O–H groups in total. The van der Waals surface area contributed by atoms with Crippen LogP contribution >= 0.6 is 0 Å². The smallest absolute Gasteiger partial charge is 0.222 e. The minimum atomic E-state index is 0. The van der Waals surface area contributed by atoms with Gasteiger partial charge in [0.25, 0.3) is 0 Å². The fourth-order valence-electron chi connectivity index (χ4n) is 2.80. The highest BCUT2D eigenvalue weighted by molar-refractivity contribution is 5.78. The van der Waals surface area contributed by atoms with Crippen molar-refractivity contribution < 1.29 is 6.22 Å². The molecule has 2 fully saturated rings. The summed E-state index contributed by atoms with van der Waals surface area (Å²) in [6, 6.07) is 1.16. The predicted octanol–water partition coefficient (Wildman–Crippen LogP) is 1.81. The molecule has 0 radical (unpaired) electrons. The molecule has 20 heavy (non-hydrogen) atoms. The van der Waals surface area contributed by atoms with Crippen LogP contribution in [0, 0.1) is 11.8 Å². The van der Waals surface area contributed by atoms with Crippen LogP contribution in [-0.2, 0) is 4.79 Å². The van der Waals surface area contributed by atoms with E-state index in [2.05, 4.69) is 29.0 Å². The summed E-state index contributed by atoms with van der Waals surface area (Å²) < 4.78 is 0. The average Bonchev–Trinajstić information content (AvgIpc) is 3.22. The molecule has 1 saturated carbocycles. The molecule has 4 heteroatoms. The molecule has 1 heterocycles. The maximum absolute atomic E-state index is 11.9. The number of hydrogen-bond donors (Lipinski definition) is 1. The Hall–Kier alpha value is -0.610. The number of rotatable bonds is 6. The third-order valence-electron chi connectivity index (χ3n) is 4.58. The fourth-order valence-corrected chi connectivity index (χ4v) is 2.80. The summed E-state index contributed by atoms with van der Waals surface area (Å²) in [6.07, 6.45) is 2.80. The molecular formula is C16H33N3O. The molecule has 0 aromatic heterocycles. The average molecular weight is 283 g/mol. The van der Waals surface area contributed by atoms with Gasteiger partial charge in [0.15, 0.2) is 0 Å². The molecule has 0 unspecified atom stereocenters. The van der Waals surface area contributed by atoms with Crippen LogP contribution in [0.2, 0.25) is 0 Å². The molecule has 1 amide bonds. The number of carbonyl (C=O) groups excluding carboxylic acids is 1. The summed E-state index contributed by atoms with van der Waals surface area (Å²) in [5.74, 6) is 0.738. The van der Waals surface area contributed by atoms with Crippen molar-refractivity contribution in [2.45, 2.75) is 52.6 Å². The minimum Gasteiger partial charge on any atom is -0.352 e. The van der Waals surface area contributed by atoms with Crippen LogP contribution in [-0.4, -0.2) is 60.5 Å². The number of amides is 1. The van der Waals surface area contributed by atoms with E-state index < -0.39 is 0 Å². The van der Waals surface area contributed by atoms with Gasteiger partial charge in [0.05, 0.1) is 0 Å². The molecule has 4 nitrogen and oxygen atoms in total. The summed E-state index contributed by atoms with van der Waals surface area (Å²) in [6.45, 7) is 14.0. The van der Waals surface area contributed by atoms with E-state index in [1.807, 2.05) is 13.8 Å². The first-order chi connectivity index (χ1) is 9.47. The number of nitrogens with one attached hydrogen (secondary N) is 1. The molecule has 0 spiro atoms. The van der Waals surface area contributed by atoms with Gasteiger partial charge in [0.2, 0.25) is 5.91 Å². The van der Waals surface area contributed by atoms with Crippen molar-refractivity contribution >= 4 is 5.91 Å². The van der Waals surface area contributed by atoms with Gasteiger partial charge in [-0.1, -0.05) is 27.7 Å². The second kappa shape index (κ2) is 6.90. The van der Waals surface area contributed by atoms with Gasteiger partial charge in [0.1, 0.15) is 0 Å². The first kappa shape index (κ1) is 15.8. The predicted molar refractivity (Wildman–Crippen MR) is 84.8 cm³/mol. The first-order valence-corrected chi connectivity index (χ1v) is 8.24. The van der Waals surface area contributed by atoms with E-state index in [0.29, 0.717) is 5.92 Å². The lowest BCUT2D eigenvalue weighted by Gasteiger charge is -2.37. The van der Waals surface area contributed by atoms with Crippen LogP contribution < -0.4 is 5.32 Å².